The summed E-state index contributed by atoms with van der Waals surface area (Å²) in [6.07, 6.45) is 3.30. The second kappa shape index (κ2) is 7.36. The van der Waals surface area contributed by atoms with Gasteiger partial charge in [0.15, 0.2) is 0 Å². The van der Waals surface area contributed by atoms with Gasteiger partial charge in [-0.25, -0.2) is 15.5 Å². The number of aliphatic carboxylic acids is 1. The number of hydrogen-bond acceptors (Lipinski definition) is 9. The highest BCUT2D eigenvalue weighted by Crippen LogP contribution is 2.42. The monoisotopic (exact) mass is 415 g/mol. The molecule has 0 aliphatic heterocycles. The van der Waals surface area contributed by atoms with Crippen molar-refractivity contribution in [1.82, 2.24) is 9.97 Å². The van der Waals surface area contributed by atoms with Crippen LogP contribution in [-0.2, 0) is 17.6 Å². The lowest BCUT2D eigenvalue weighted by atomic mass is 9.88. The van der Waals surface area contributed by atoms with E-state index in [9.17, 15) is 9.90 Å². The SMILES string of the molecule is COc1cc(N=N)c(S)cc1Nc1ncnc2sc3c(c12)CC[C@H](C(=O)O)C3. The first kappa shape index (κ1) is 18.6. The largest absolute Gasteiger partial charge is 0.494 e. The molecule has 0 saturated carbocycles. The molecule has 1 aromatic carbocycles. The number of fused-ring (bicyclic) bond motifs is 3. The van der Waals surface area contributed by atoms with Crippen molar-refractivity contribution in [3.63, 3.8) is 0 Å². The lowest BCUT2D eigenvalue weighted by Crippen LogP contribution is -2.21. The number of rotatable bonds is 5. The number of nitrogens with one attached hydrogen (secondary N) is 2. The number of ether oxygens (including phenoxy) is 1. The average Bonchev–Trinajstić information content (AvgIpc) is 3.06. The van der Waals surface area contributed by atoms with E-state index in [-0.39, 0.29) is 5.92 Å². The molecule has 1 aliphatic rings. The molecule has 0 unspecified atom stereocenters. The van der Waals surface area contributed by atoms with Gasteiger partial charge in [0, 0.05) is 15.8 Å². The third-order valence-electron chi connectivity index (χ3n) is 4.86. The quantitative estimate of drug-likeness (QED) is 0.357. The highest BCUT2D eigenvalue weighted by molar-refractivity contribution is 7.80. The molecule has 0 spiro atoms. The highest BCUT2D eigenvalue weighted by Gasteiger charge is 2.29. The van der Waals surface area contributed by atoms with Gasteiger partial charge in [-0.05, 0) is 30.9 Å². The minimum absolute atomic E-state index is 0.349. The van der Waals surface area contributed by atoms with Crippen molar-refractivity contribution in [2.75, 3.05) is 12.4 Å². The predicted octanol–water partition coefficient (Wildman–Crippen LogP) is 4.58. The zero-order valence-corrected chi connectivity index (χ0v) is 16.6. The van der Waals surface area contributed by atoms with E-state index >= 15 is 0 Å². The van der Waals surface area contributed by atoms with E-state index in [4.69, 9.17) is 10.3 Å². The summed E-state index contributed by atoms with van der Waals surface area (Å²) in [6, 6.07) is 3.37. The summed E-state index contributed by atoms with van der Waals surface area (Å²) >= 11 is 5.90. The predicted molar refractivity (Wildman–Crippen MR) is 109 cm³/mol. The first-order valence-electron chi connectivity index (χ1n) is 8.55. The summed E-state index contributed by atoms with van der Waals surface area (Å²) in [4.78, 5) is 22.6. The Morgan fingerprint density at radius 1 is 1.46 bits per heavy atom. The number of anilines is 2. The second-order valence-corrected chi connectivity index (χ2v) is 8.03. The summed E-state index contributed by atoms with van der Waals surface area (Å²) in [5, 5.41) is 17.0. The van der Waals surface area contributed by atoms with E-state index < -0.39 is 5.97 Å². The van der Waals surface area contributed by atoms with Crippen LogP contribution in [0.15, 0.2) is 28.5 Å². The van der Waals surface area contributed by atoms with Crippen molar-refractivity contribution in [3.05, 3.63) is 28.9 Å². The Balaban J connectivity index is 1.78. The Morgan fingerprint density at radius 2 is 2.29 bits per heavy atom. The summed E-state index contributed by atoms with van der Waals surface area (Å²) in [5.74, 6) is 0.0554. The molecule has 8 nitrogen and oxygen atoms in total. The fourth-order valence-electron chi connectivity index (χ4n) is 3.46. The van der Waals surface area contributed by atoms with Crippen LogP contribution in [0.5, 0.6) is 5.75 Å². The van der Waals surface area contributed by atoms with E-state index in [2.05, 4.69) is 33.0 Å². The van der Waals surface area contributed by atoms with Crippen molar-refractivity contribution >= 4 is 57.3 Å². The lowest BCUT2D eigenvalue weighted by molar-refractivity contribution is -0.142. The first-order chi connectivity index (χ1) is 13.5. The molecule has 2 aromatic heterocycles. The number of carboxylic acids is 1. The van der Waals surface area contributed by atoms with Gasteiger partial charge in [-0.3, -0.25) is 4.79 Å². The Morgan fingerprint density at radius 3 is 3.00 bits per heavy atom. The molecule has 0 fully saturated rings. The van der Waals surface area contributed by atoms with Crippen LogP contribution in [0, 0.1) is 11.4 Å². The van der Waals surface area contributed by atoms with E-state index in [1.807, 2.05) is 0 Å². The summed E-state index contributed by atoms with van der Waals surface area (Å²) in [5.41, 5.74) is 9.40. The number of thiophene rings is 1. The van der Waals surface area contributed by atoms with Gasteiger partial charge in [0.05, 0.1) is 24.1 Å². The fourth-order valence-corrected chi connectivity index (χ4v) is 4.97. The van der Waals surface area contributed by atoms with E-state index in [1.165, 1.54) is 17.7 Å². The molecule has 1 atom stereocenters. The molecule has 2 heterocycles. The Hall–Kier alpha value is -2.72. The lowest BCUT2D eigenvalue weighted by Gasteiger charge is -2.19. The summed E-state index contributed by atoms with van der Waals surface area (Å²) in [6.45, 7) is 0. The molecule has 10 heteroatoms. The number of carbonyl (C=O) groups is 1. The maximum absolute atomic E-state index is 11.4. The van der Waals surface area contributed by atoms with Gasteiger partial charge in [-0.1, -0.05) is 0 Å². The molecule has 0 amide bonds. The van der Waals surface area contributed by atoms with E-state index in [1.54, 1.807) is 19.2 Å². The van der Waals surface area contributed by atoms with Crippen LogP contribution in [0.3, 0.4) is 0 Å². The fraction of sp³-hybridized carbons (Fsp3) is 0.278. The number of thiol groups is 1. The van der Waals surface area contributed by atoms with Gasteiger partial charge in [0.2, 0.25) is 0 Å². The van der Waals surface area contributed by atoms with Crippen LogP contribution >= 0.6 is 24.0 Å². The van der Waals surface area contributed by atoms with Gasteiger partial charge in [0.1, 0.15) is 28.4 Å². The molecular formula is C18H17N5O3S2. The Labute approximate surface area is 169 Å². The van der Waals surface area contributed by atoms with Gasteiger partial charge in [0.25, 0.3) is 0 Å². The van der Waals surface area contributed by atoms with Crippen LogP contribution in [0.2, 0.25) is 0 Å². The Bertz CT molecular complexity index is 1100. The first-order valence-corrected chi connectivity index (χ1v) is 9.81. The summed E-state index contributed by atoms with van der Waals surface area (Å²) in [7, 11) is 1.54. The maximum atomic E-state index is 11.4. The molecule has 144 valence electrons. The van der Waals surface area contributed by atoms with Crippen LogP contribution in [0.25, 0.3) is 10.2 Å². The zero-order chi connectivity index (χ0) is 19.8. The number of aryl methyl sites for hydroxylation is 1. The van der Waals surface area contributed by atoms with Gasteiger partial charge < -0.3 is 15.2 Å². The number of nitrogens with zero attached hydrogens (tertiary/aromatic N) is 3. The number of carboxylic acid groups (broad SMARTS) is 1. The molecule has 4 rings (SSSR count). The number of hydrogen-bond donors (Lipinski definition) is 4. The van der Waals surface area contributed by atoms with Crippen LogP contribution in [-0.4, -0.2) is 28.2 Å². The van der Waals surface area contributed by atoms with Crippen molar-refractivity contribution in [2.24, 2.45) is 11.0 Å². The van der Waals surface area contributed by atoms with E-state index in [0.717, 1.165) is 20.7 Å². The number of benzene rings is 1. The standard InChI is InChI=1S/C18H17N5O3S2/c1-26-12-5-11(23-19)13(27)6-10(12)22-16-15-9-3-2-8(18(24)25)4-14(9)28-17(15)21-7-20-16/h5-8,19,27H,2-4H2,1H3,(H,24,25)(H,20,21,22)/t8-/m0/s1. The van der Waals surface area contributed by atoms with Crippen molar-refractivity contribution in [1.29, 1.82) is 5.53 Å². The molecule has 0 bridgehead atoms. The maximum Gasteiger partial charge on any atom is 0.306 e. The van der Waals surface area contributed by atoms with Crippen LogP contribution in [0.4, 0.5) is 17.2 Å². The number of aromatic nitrogens is 2. The van der Waals surface area contributed by atoms with Crippen molar-refractivity contribution < 1.29 is 14.6 Å². The summed E-state index contributed by atoms with van der Waals surface area (Å²) < 4.78 is 5.42. The minimum atomic E-state index is -0.751. The van der Waals surface area contributed by atoms with E-state index in [0.29, 0.717) is 47.1 Å². The molecule has 3 aromatic rings. The van der Waals surface area contributed by atoms with Gasteiger partial charge in [-0.2, -0.15) is 5.11 Å². The number of methoxy groups -OCH3 is 1. The topological polar surface area (TPSA) is 121 Å². The molecule has 1 aliphatic carbocycles. The smallest absolute Gasteiger partial charge is 0.306 e. The third kappa shape index (κ3) is 3.18. The molecule has 0 radical (unpaired) electrons. The second-order valence-electron chi connectivity index (χ2n) is 6.46. The normalized spacial score (nSPS) is 15.9. The van der Waals surface area contributed by atoms with Crippen LogP contribution in [0.1, 0.15) is 16.9 Å². The average molecular weight is 416 g/mol. The molecule has 0 saturated heterocycles. The molecule has 3 N–H and O–H groups in total. The third-order valence-corrected chi connectivity index (χ3v) is 6.39. The highest BCUT2D eigenvalue weighted by atomic mass is 32.1. The zero-order valence-electron chi connectivity index (χ0n) is 14.9. The van der Waals surface area contributed by atoms with Gasteiger partial charge in [-0.15, -0.1) is 24.0 Å². The minimum Gasteiger partial charge on any atom is -0.494 e. The van der Waals surface area contributed by atoms with Gasteiger partial charge >= 0.3 is 5.97 Å². The Kier molecular flexibility index (Phi) is 4.90. The molecule has 28 heavy (non-hydrogen) atoms. The van der Waals surface area contributed by atoms with Crippen LogP contribution < -0.4 is 10.1 Å². The van der Waals surface area contributed by atoms with Crippen molar-refractivity contribution in [3.8, 4) is 5.75 Å². The van der Waals surface area contributed by atoms with Crippen molar-refractivity contribution in [2.45, 2.75) is 24.2 Å². The molecular weight excluding hydrogens is 398 g/mol.